The first-order valence-electron chi connectivity index (χ1n) is 14.5. The summed E-state index contributed by atoms with van der Waals surface area (Å²) in [6, 6.07) is 49.3. The predicted molar refractivity (Wildman–Crippen MR) is 176 cm³/mol. The molecule has 0 N–H and O–H groups in total. The molecule has 0 saturated heterocycles. The molecule has 2 aromatic heterocycles. The zero-order chi connectivity index (χ0) is 29.3. The third-order valence-corrected chi connectivity index (χ3v) is 7.79. The molecule has 0 unspecified atom stereocenters. The molecule has 3 heterocycles. The van der Waals surface area contributed by atoms with Crippen molar-refractivity contribution in [3.63, 3.8) is 0 Å². The maximum Gasteiger partial charge on any atom is 0.160 e. The number of pyridine rings is 1. The van der Waals surface area contributed by atoms with Gasteiger partial charge in [-0.15, -0.1) is 0 Å². The molecule has 5 aromatic carbocycles. The van der Waals surface area contributed by atoms with Gasteiger partial charge in [0.25, 0.3) is 0 Å². The van der Waals surface area contributed by atoms with Crippen LogP contribution < -0.4 is 9.64 Å². The molecule has 5 nitrogen and oxygen atoms in total. The van der Waals surface area contributed by atoms with E-state index in [1.165, 1.54) is 0 Å². The molecule has 0 saturated carbocycles. The van der Waals surface area contributed by atoms with Gasteiger partial charge in [0.05, 0.1) is 34.6 Å². The lowest BCUT2D eigenvalue weighted by Crippen LogP contribution is -2.16. The summed E-state index contributed by atoms with van der Waals surface area (Å²) in [5.41, 5.74) is 9.87. The molecule has 0 spiro atoms. The highest BCUT2D eigenvalue weighted by Gasteiger charge is 2.27. The second kappa shape index (κ2) is 11.0. The maximum absolute atomic E-state index is 6.25. The first-order chi connectivity index (χ1) is 21.8. The first kappa shape index (κ1) is 25.6. The lowest BCUT2D eigenvalue weighted by molar-refractivity contribution is 0.477. The van der Waals surface area contributed by atoms with Crippen LogP contribution in [0.4, 0.5) is 17.1 Å². The molecular weight excluding hydrogens is 540 g/mol. The molecule has 8 rings (SSSR count). The number of rotatable bonds is 5. The Morgan fingerprint density at radius 2 is 0.977 bits per heavy atom. The largest absolute Gasteiger partial charge is 0.453 e. The van der Waals surface area contributed by atoms with E-state index in [4.69, 9.17) is 14.7 Å². The molecule has 0 fully saturated rings. The Balaban J connectivity index is 1.22. The van der Waals surface area contributed by atoms with Crippen molar-refractivity contribution in [3.05, 3.63) is 158 Å². The molecule has 0 amide bonds. The highest BCUT2D eigenvalue weighted by atomic mass is 16.5. The Morgan fingerprint density at radius 3 is 1.61 bits per heavy atom. The van der Waals surface area contributed by atoms with Gasteiger partial charge in [0, 0.05) is 28.5 Å². The van der Waals surface area contributed by atoms with E-state index in [1.807, 2.05) is 97.3 Å². The van der Waals surface area contributed by atoms with Crippen molar-refractivity contribution in [2.24, 2.45) is 0 Å². The lowest BCUT2D eigenvalue weighted by atomic mass is 10.00. The number of fused-ring (bicyclic) bond motifs is 2. The van der Waals surface area contributed by atoms with E-state index in [9.17, 15) is 0 Å². The van der Waals surface area contributed by atoms with E-state index in [1.54, 1.807) is 0 Å². The van der Waals surface area contributed by atoms with Gasteiger partial charge < -0.3 is 9.64 Å². The van der Waals surface area contributed by atoms with Crippen molar-refractivity contribution in [1.82, 2.24) is 15.0 Å². The zero-order valence-electron chi connectivity index (χ0n) is 23.7. The molecule has 0 aliphatic carbocycles. The molecule has 7 aromatic rings. The van der Waals surface area contributed by atoms with E-state index >= 15 is 0 Å². The summed E-state index contributed by atoms with van der Waals surface area (Å²) >= 11 is 0. The van der Waals surface area contributed by atoms with Crippen LogP contribution in [-0.4, -0.2) is 15.0 Å². The fourth-order valence-corrected chi connectivity index (χ4v) is 5.66. The number of anilines is 3. The summed E-state index contributed by atoms with van der Waals surface area (Å²) in [5.74, 6) is 2.32. The van der Waals surface area contributed by atoms with Crippen molar-refractivity contribution in [1.29, 1.82) is 0 Å². The standard InChI is InChI=1S/C39H26N4O/c1-3-11-28(12-4-1)32-25-33(42-39(41-32)30-13-5-2-6-14-30)29-21-19-27(20-22-29)31-23-24-40-26-36(31)43-34-15-7-9-17-37(34)44-38-18-10-8-16-35(38)43/h1-26H. The van der Waals surface area contributed by atoms with E-state index in [2.05, 4.69) is 70.5 Å². The Labute approximate surface area is 255 Å². The molecule has 0 atom stereocenters. The second-order valence-corrected chi connectivity index (χ2v) is 10.5. The summed E-state index contributed by atoms with van der Waals surface area (Å²) < 4.78 is 6.25. The Morgan fingerprint density at radius 1 is 0.455 bits per heavy atom. The average Bonchev–Trinajstić information content (AvgIpc) is 3.11. The van der Waals surface area contributed by atoms with Gasteiger partial charge in [-0.25, -0.2) is 9.97 Å². The van der Waals surface area contributed by atoms with Gasteiger partial charge in [-0.3, -0.25) is 4.98 Å². The molecule has 0 bridgehead atoms. The van der Waals surface area contributed by atoms with E-state index in [-0.39, 0.29) is 0 Å². The monoisotopic (exact) mass is 566 g/mol. The molecule has 208 valence electrons. The highest BCUT2D eigenvalue weighted by Crippen LogP contribution is 2.51. The Bertz CT molecular complexity index is 1990. The first-order valence-corrected chi connectivity index (χ1v) is 14.5. The molecule has 1 aliphatic heterocycles. The number of ether oxygens (including phenoxy) is 1. The number of aromatic nitrogens is 3. The van der Waals surface area contributed by atoms with Gasteiger partial charge in [0.1, 0.15) is 0 Å². The third-order valence-electron chi connectivity index (χ3n) is 7.79. The predicted octanol–water partition coefficient (Wildman–Crippen LogP) is 10.1. The summed E-state index contributed by atoms with van der Waals surface area (Å²) in [6.07, 6.45) is 3.76. The van der Waals surface area contributed by atoms with Crippen LogP contribution in [-0.2, 0) is 0 Å². The number of hydrogen-bond donors (Lipinski definition) is 0. The van der Waals surface area contributed by atoms with Crippen LogP contribution in [0.2, 0.25) is 0 Å². The fraction of sp³-hybridized carbons (Fsp3) is 0. The number of para-hydroxylation sites is 4. The number of hydrogen-bond acceptors (Lipinski definition) is 5. The lowest BCUT2D eigenvalue weighted by Gasteiger charge is -2.33. The van der Waals surface area contributed by atoms with Crippen molar-refractivity contribution in [2.45, 2.75) is 0 Å². The fourth-order valence-electron chi connectivity index (χ4n) is 5.66. The van der Waals surface area contributed by atoms with Gasteiger partial charge in [-0.05, 0) is 42.0 Å². The molecule has 0 radical (unpaired) electrons. The maximum atomic E-state index is 6.25. The van der Waals surface area contributed by atoms with Crippen LogP contribution in [0.3, 0.4) is 0 Å². The van der Waals surface area contributed by atoms with Gasteiger partial charge >= 0.3 is 0 Å². The van der Waals surface area contributed by atoms with Gasteiger partial charge in [-0.2, -0.15) is 0 Å². The minimum atomic E-state index is 0.701. The topological polar surface area (TPSA) is 51.1 Å². The molecule has 5 heteroatoms. The van der Waals surface area contributed by atoms with Crippen molar-refractivity contribution >= 4 is 17.1 Å². The summed E-state index contributed by atoms with van der Waals surface area (Å²) in [6.45, 7) is 0. The van der Waals surface area contributed by atoms with E-state index in [0.717, 1.165) is 67.8 Å². The quantitative estimate of drug-likeness (QED) is 0.207. The van der Waals surface area contributed by atoms with Gasteiger partial charge in [0.2, 0.25) is 0 Å². The molecule has 1 aliphatic rings. The van der Waals surface area contributed by atoms with E-state index < -0.39 is 0 Å². The highest BCUT2D eigenvalue weighted by molar-refractivity contribution is 5.92. The van der Waals surface area contributed by atoms with Crippen LogP contribution in [0.25, 0.3) is 45.0 Å². The SMILES string of the molecule is c1ccc(-c2cc(-c3ccc(-c4ccncc4N4c5ccccc5Oc5ccccc54)cc3)nc(-c3ccccc3)n2)cc1. The smallest absolute Gasteiger partial charge is 0.160 e. The zero-order valence-corrected chi connectivity index (χ0v) is 23.7. The third kappa shape index (κ3) is 4.67. The van der Waals surface area contributed by atoms with Crippen molar-refractivity contribution in [2.75, 3.05) is 4.90 Å². The summed E-state index contributed by atoms with van der Waals surface area (Å²) in [7, 11) is 0. The Kier molecular flexibility index (Phi) is 6.39. The normalized spacial score (nSPS) is 11.8. The summed E-state index contributed by atoms with van der Waals surface area (Å²) in [5, 5.41) is 0. The van der Waals surface area contributed by atoms with E-state index in [0.29, 0.717) is 5.82 Å². The number of benzene rings is 5. The minimum absolute atomic E-state index is 0.701. The number of nitrogens with zero attached hydrogens (tertiary/aromatic N) is 4. The van der Waals surface area contributed by atoms with Gasteiger partial charge in [0.15, 0.2) is 17.3 Å². The van der Waals surface area contributed by atoms with Crippen LogP contribution in [0, 0.1) is 0 Å². The van der Waals surface area contributed by atoms with Crippen LogP contribution >= 0.6 is 0 Å². The average molecular weight is 567 g/mol. The van der Waals surface area contributed by atoms with Gasteiger partial charge in [-0.1, -0.05) is 109 Å². The molecular formula is C39H26N4O. The minimum Gasteiger partial charge on any atom is -0.453 e. The Hall–Kier alpha value is -6.07. The van der Waals surface area contributed by atoms with Crippen LogP contribution in [0.15, 0.2) is 158 Å². The van der Waals surface area contributed by atoms with Crippen LogP contribution in [0.1, 0.15) is 0 Å². The summed E-state index contributed by atoms with van der Waals surface area (Å²) in [4.78, 5) is 16.7. The van der Waals surface area contributed by atoms with Crippen LogP contribution in [0.5, 0.6) is 11.5 Å². The van der Waals surface area contributed by atoms with Crippen molar-refractivity contribution < 1.29 is 4.74 Å². The second-order valence-electron chi connectivity index (χ2n) is 10.5. The van der Waals surface area contributed by atoms with Crippen molar-refractivity contribution in [3.8, 4) is 56.5 Å². The molecule has 44 heavy (non-hydrogen) atoms.